The van der Waals surface area contributed by atoms with E-state index in [0.717, 1.165) is 19.4 Å². The predicted octanol–water partition coefficient (Wildman–Crippen LogP) is 1.91. The maximum absolute atomic E-state index is 12.0. The highest BCUT2D eigenvalue weighted by molar-refractivity contribution is 7.89. The van der Waals surface area contributed by atoms with Crippen molar-refractivity contribution in [2.24, 2.45) is 10.9 Å². The molecule has 1 fully saturated rings. The Labute approximate surface area is 155 Å². The zero-order valence-corrected chi connectivity index (χ0v) is 17.0. The SMILES string of the molecule is CN=C(NCCS(=O)(=O)NCC1CCC1)NCC(C)(C)c1cccs1. The van der Waals surface area contributed by atoms with Crippen LogP contribution in [0.4, 0.5) is 0 Å². The summed E-state index contributed by atoms with van der Waals surface area (Å²) in [5.74, 6) is 1.20. The molecule has 8 heteroatoms. The van der Waals surface area contributed by atoms with E-state index in [1.54, 1.807) is 18.4 Å². The van der Waals surface area contributed by atoms with Crippen LogP contribution in [0.25, 0.3) is 0 Å². The van der Waals surface area contributed by atoms with Crippen LogP contribution < -0.4 is 15.4 Å². The summed E-state index contributed by atoms with van der Waals surface area (Å²) in [7, 11) is -1.54. The Bertz CT molecular complexity index is 650. The topological polar surface area (TPSA) is 82.6 Å². The Morgan fingerprint density at radius 3 is 2.68 bits per heavy atom. The fourth-order valence-corrected chi connectivity index (χ4v) is 4.45. The first-order valence-electron chi connectivity index (χ1n) is 8.78. The van der Waals surface area contributed by atoms with E-state index >= 15 is 0 Å². The molecule has 2 rings (SSSR count). The molecule has 0 atom stereocenters. The predicted molar refractivity (Wildman–Crippen MR) is 106 cm³/mol. The standard InChI is InChI=1S/C17H30N4O2S2/c1-17(2,15-8-5-10-24-15)13-20-16(18-3)19-9-11-25(22,23)21-12-14-6-4-7-14/h5,8,10,14,21H,4,6-7,9,11-13H2,1-3H3,(H2,18,19,20). The molecule has 25 heavy (non-hydrogen) atoms. The first kappa shape index (κ1) is 20.2. The molecule has 1 saturated carbocycles. The fourth-order valence-electron chi connectivity index (χ4n) is 2.59. The van der Waals surface area contributed by atoms with Crippen LogP contribution in [0.1, 0.15) is 38.0 Å². The molecule has 1 aromatic heterocycles. The average molecular weight is 387 g/mol. The second-order valence-corrected chi connectivity index (χ2v) is 10.1. The van der Waals surface area contributed by atoms with E-state index in [0.29, 0.717) is 25.0 Å². The third-order valence-corrected chi connectivity index (χ3v) is 7.17. The Morgan fingerprint density at radius 1 is 1.36 bits per heavy atom. The first-order chi connectivity index (χ1) is 11.8. The summed E-state index contributed by atoms with van der Waals surface area (Å²) in [6.45, 7) is 5.98. The molecule has 0 bridgehead atoms. The summed E-state index contributed by atoms with van der Waals surface area (Å²) in [6.07, 6.45) is 3.49. The van der Waals surface area contributed by atoms with Crippen molar-refractivity contribution >= 4 is 27.3 Å². The van der Waals surface area contributed by atoms with Crippen molar-refractivity contribution < 1.29 is 8.42 Å². The second kappa shape index (κ2) is 9.00. The largest absolute Gasteiger partial charge is 0.356 e. The van der Waals surface area contributed by atoms with Gasteiger partial charge in [-0.2, -0.15) is 0 Å². The van der Waals surface area contributed by atoms with Crippen molar-refractivity contribution in [1.82, 2.24) is 15.4 Å². The van der Waals surface area contributed by atoms with Crippen LogP contribution in [-0.2, 0) is 15.4 Å². The summed E-state index contributed by atoms with van der Waals surface area (Å²) in [5.41, 5.74) is -0.0117. The number of nitrogens with zero attached hydrogens (tertiary/aromatic N) is 1. The maximum Gasteiger partial charge on any atom is 0.213 e. The number of hydrogen-bond acceptors (Lipinski definition) is 4. The zero-order valence-electron chi connectivity index (χ0n) is 15.3. The normalized spacial score (nSPS) is 16.5. The first-order valence-corrected chi connectivity index (χ1v) is 11.3. The van der Waals surface area contributed by atoms with Crippen LogP contribution in [-0.4, -0.2) is 46.8 Å². The van der Waals surface area contributed by atoms with Gasteiger partial charge in [-0.3, -0.25) is 4.99 Å². The molecule has 0 unspecified atom stereocenters. The second-order valence-electron chi connectivity index (χ2n) is 7.18. The van der Waals surface area contributed by atoms with Gasteiger partial charge in [-0.15, -0.1) is 11.3 Å². The van der Waals surface area contributed by atoms with E-state index in [1.807, 2.05) is 0 Å². The van der Waals surface area contributed by atoms with Crippen LogP contribution in [0.15, 0.2) is 22.5 Å². The Kier molecular flexibility index (Phi) is 7.27. The van der Waals surface area contributed by atoms with Crippen LogP contribution >= 0.6 is 11.3 Å². The van der Waals surface area contributed by atoms with Crippen molar-refractivity contribution in [1.29, 1.82) is 0 Å². The summed E-state index contributed by atoms with van der Waals surface area (Å²) < 4.78 is 26.7. The minimum absolute atomic E-state index is 0.0117. The number of thiophene rings is 1. The highest BCUT2D eigenvalue weighted by Gasteiger charge is 2.22. The Morgan fingerprint density at radius 2 is 2.12 bits per heavy atom. The molecule has 0 amide bonds. The summed E-state index contributed by atoms with van der Waals surface area (Å²) in [4.78, 5) is 5.48. The smallest absolute Gasteiger partial charge is 0.213 e. The molecule has 6 nitrogen and oxygen atoms in total. The number of guanidine groups is 1. The van der Waals surface area contributed by atoms with Crippen molar-refractivity contribution in [2.75, 3.05) is 32.4 Å². The fraction of sp³-hybridized carbons (Fsp3) is 0.706. The van der Waals surface area contributed by atoms with Gasteiger partial charge < -0.3 is 10.6 Å². The molecule has 1 aliphatic rings. The van der Waals surface area contributed by atoms with Gasteiger partial charge in [0.2, 0.25) is 10.0 Å². The van der Waals surface area contributed by atoms with Crippen molar-refractivity contribution in [3.05, 3.63) is 22.4 Å². The third-order valence-electron chi connectivity index (χ3n) is 4.59. The minimum atomic E-state index is -3.23. The molecule has 0 aromatic carbocycles. The highest BCUT2D eigenvalue weighted by atomic mass is 32.2. The van der Waals surface area contributed by atoms with Gasteiger partial charge in [-0.05, 0) is 30.2 Å². The molecular formula is C17H30N4O2S2. The average Bonchev–Trinajstić information content (AvgIpc) is 3.04. The Balaban J connectivity index is 1.71. The van der Waals surface area contributed by atoms with Gasteiger partial charge in [0, 0.05) is 37.0 Å². The van der Waals surface area contributed by atoms with Gasteiger partial charge in [0.25, 0.3) is 0 Å². The number of aliphatic imine (C=N–C) groups is 1. The summed E-state index contributed by atoms with van der Waals surface area (Å²) in [5, 5.41) is 8.44. The number of nitrogens with one attached hydrogen (secondary N) is 3. The van der Waals surface area contributed by atoms with E-state index < -0.39 is 10.0 Å². The minimum Gasteiger partial charge on any atom is -0.356 e. The van der Waals surface area contributed by atoms with Gasteiger partial charge >= 0.3 is 0 Å². The molecule has 1 aliphatic carbocycles. The number of sulfonamides is 1. The van der Waals surface area contributed by atoms with Gasteiger partial charge in [-0.25, -0.2) is 13.1 Å². The molecule has 1 aromatic rings. The van der Waals surface area contributed by atoms with Gasteiger partial charge in [0.1, 0.15) is 0 Å². The van der Waals surface area contributed by atoms with Crippen LogP contribution in [0, 0.1) is 5.92 Å². The van der Waals surface area contributed by atoms with Crippen molar-refractivity contribution in [2.45, 2.75) is 38.5 Å². The van der Waals surface area contributed by atoms with E-state index in [-0.39, 0.29) is 11.2 Å². The third kappa shape index (κ3) is 6.60. The Hall–Kier alpha value is -1.12. The summed E-state index contributed by atoms with van der Waals surface area (Å²) >= 11 is 1.74. The molecule has 0 aliphatic heterocycles. The number of hydrogen-bond donors (Lipinski definition) is 3. The quantitative estimate of drug-likeness (QED) is 0.447. The van der Waals surface area contributed by atoms with Crippen LogP contribution in [0.2, 0.25) is 0 Å². The highest BCUT2D eigenvalue weighted by Crippen LogP contribution is 2.26. The lowest BCUT2D eigenvalue weighted by atomic mass is 9.86. The lowest BCUT2D eigenvalue weighted by molar-refractivity contribution is 0.316. The number of rotatable bonds is 9. The van der Waals surface area contributed by atoms with E-state index in [2.05, 4.69) is 51.7 Å². The maximum atomic E-state index is 12.0. The molecule has 3 N–H and O–H groups in total. The molecule has 0 radical (unpaired) electrons. The van der Waals surface area contributed by atoms with Crippen LogP contribution in [0.3, 0.4) is 0 Å². The molecular weight excluding hydrogens is 356 g/mol. The monoisotopic (exact) mass is 386 g/mol. The van der Waals surface area contributed by atoms with Crippen LogP contribution in [0.5, 0.6) is 0 Å². The van der Waals surface area contributed by atoms with E-state index in [9.17, 15) is 8.42 Å². The molecule has 0 saturated heterocycles. The van der Waals surface area contributed by atoms with E-state index in [4.69, 9.17) is 0 Å². The lowest BCUT2D eigenvalue weighted by Gasteiger charge is -2.25. The lowest BCUT2D eigenvalue weighted by Crippen LogP contribution is -2.45. The molecule has 1 heterocycles. The summed E-state index contributed by atoms with van der Waals surface area (Å²) in [6, 6.07) is 4.18. The van der Waals surface area contributed by atoms with Gasteiger partial charge in [-0.1, -0.05) is 26.3 Å². The van der Waals surface area contributed by atoms with Gasteiger partial charge in [0.05, 0.1) is 5.75 Å². The molecule has 142 valence electrons. The van der Waals surface area contributed by atoms with Crippen molar-refractivity contribution in [3.63, 3.8) is 0 Å². The zero-order chi connectivity index (χ0) is 18.3. The molecule has 0 spiro atoms. The van der Waals surface area contributed by atoms with Crippen molar-refractivity contribution in [3.8, 4) is 0 Å². The van der Waals surface area contributed by atoms with E-state index in [1.165, 1.54) is 11.3 Å². The van der Waals surface area contributed by atoms with Gasteiger partial charge in [0.15, 0.2) is 5.96 Å².